The number of hydrogen-bond donors (Lipinski definition) is 0. The van der Waals surface area contributed by atoms with Crippen molar-refractivity contribution in [2.45, 2.75) is 9.79 Å². The van der Waals surface area contributed by atoms with Crippen molar-refractivity contribution in [1.29, 1.82) is 0 Å². The fourth-order valence-corrected chi connectivity index (χ4v) is 8.61. The van der Waals surface area contributed by atoms with Gasteiger partial charge in [-0.1, -0.05) is 139 Å². The SMILES string of the molecule is c1ccc(-n2c3ccccc3c3ccc4ccc(-c5ccc(-c6ccc7c8c(cccc68)-c6ccccc6S7)cc5)cc4c32)cc1. The predicted octanol–water partition coefficient (Wildman–Crippen LogP) is 12.6. The highest BCUT2D eigenvalue weighted by atomic mass is 32.2. The average Bonchev–Trinajstić information content (AvgIpc) is 3.47. The minimum absolute atomic E-state index is 1.18. The van der Waals surface area contributed by atoms with Crippen molar-refractivity contribution >= 4 is 55.1 Å². The Kier molecular flexibility index (Phi) is 5.58. The first-order valence-electron chi connectivity index (χ1n) is 15.8. The summed E-state index contributed by atoms with van der Waals surface area (Å²) in [4.78, 5) is 2.66. The quantitative estimate of drug-likeness (QED) is 0.195. The number of aromatic nitrogens is 1. The minimum atomic E-state index is 1.18. The van der Waals surface area contributed by atoms with E-state index >= 15 is 0 Å². The standard InChI is InChI=1S/C44H27NS/c1-2-9-32(10-3-1)45-40-15-6-4-11-34(40)38-24-23-30-21-22-31(27-39(30)44(38)45)28-17-19-29(20-18-28)33-25-26-42-43-36(33)13-8-14-37(43)35-12-5-7-16-41(35)46-42/h1-27H. The summed E-state index contributed by atoms with van der Waals surface area (Å²) < 4.78 is 2.43. The third-order valence-corrected chi connectivity index (χ3v) is 10.7. The lowest BCUT2D eigenvalue weighted by Crippen LogP contribution is -1.94. The Morgan fingerprint density at radius 1 is 0.391 bits per heavy atom. The van der Waals surface area contributed by atoms with Crippen LogP contribution < -0.4 is 0 Å². The van der Waals surface area contributed by atoms with Crippen molar-refractivity contribution < 1.29 is 0 Å². The number of fused-ring (bicyclic) bond motifs is 7. The molecule has 10 rings (SSSR count). The molecule has 1 nitrogen and oxygen atoms in total. The Morgan fingerprint density at radius 2 is 1.11 bits per heavy atom. The molecule has 1 aliphatic heterocycles. The van der Waals surface area contributed by atoms with Gasteiger partial charge in [0.15, 0.2) is 0 Å². The monoisotopic (exact) mass is 601 g/mol. The first-order chi connectivity index (χ1) is 22.8. The first-order valence-corrected chi connectivity index (χ1v) is 16.6. The fourth-order valence-electron chi connectivity index (χ4n) is 7.48. The van der Waals surface area contributed by atoms with Gasteiger partial charge in [-0.05, 0) is 80.6 Å². The van der Waals surface area contributed by atoms with Crippen molar-refractivity contribution in [3.8, 4) is 39.1 Å². The zero-order valence-electron chi connectivity index (χ0n) is 24.9. The Balaban J connectivity index is 1.12. The van der Waals surface area contributed by atoms with Gasteiger partial charge in [-0.2, -0.15) is 0 Å². The summed E-state index contributed by atoms with van der Waals surface area (Å²) in [6.45, 7) is 0. The van der Waals surface area contributed by atoms with Crippen LogP contribution >= 0.6 is 11.8 Å². The molecule has 2 heteroatoms. The lowest BCUT2D eigenvalue weighted by molar-refractivity contribution is 1.19. The van der Waals surface area contributed by atoms with Crippen LogP contribution in [-0.2, 0) is 0 Å². The van der Waals surface area contributed by atoms with Crippen LogP contribution in [0, 0.1) is 0 Å². The van der Waals surface area contributed by atoms with E-state index in [4.69, 9.17) is 0 Å². The van der Waals surface area contributed by atoms with Crippen LogP contribution in [0.1, 0.15) is 0 Å². The van der Waals surface area contributed by atoms with E-state index in [-0.39, 0.29) is 0 Å². The lowest BCUT2D eigenvalue weighted by atomic mass is 9.91. The number of benzene rings is 8. The first kappa shape index (κ1) is 25.7. The Hall–Kier alpha value is -5.57. The molecule has 0 fully saturated rings. The van der Waals surface area contributed by atoms with Gasteiger partial charge in [-0.3, -0.25) is 0 Å². The van der Waals surface area contributed by atoms with Gasteiger partial charge in [0.2, 0.25) is 0 Å². The average molecular weight is 602 g/mol. The maximum Gasteiger partial charge on any atom is 0.0619 e. The third kappa shape index (κ3) is 3.77. The molecule has 0 atom stereocenters. The van der Waals surface area contributed by atoms with E-state index in [0.29, 0.717) is 0 Å². The number of para-hydroxylation sites is 2. The molecule has 0 unspecified atom stereocenters. The summed E-state index contributed by atoms with van der Waals surface area (Å²) in [5.41, 5.74) is 11.3. The molecule has 2 heterocycles. The van der Waals surface area contributed by atoms with Crippen molar-refractivity contribution in [2.24, 2.45) is 0 Å². The van der Waals surface area contributed by atoms with Crippen molar-refractivity contribution in [3.05, 3.63) is 164 Å². The van der Waals surface area contributed by atoms with E-state index in [2.05, 4.69) is 168 Å². The van der Waals surface area contributed by atoms with Crippen LogP contribution in [0.3, 0.4) is 0 Å². The normalized spacial score (nSPS) is 12.3. The van der Waals surface area contributed by atoms with Gasteiger partial charge in [-0.15, -0.1) is 0 Å². The molecule has 0 saturated heterocycles. The molecular weight excluding hydrogens is 575 g/mol. The maximum atomic E-state index is 2.43. The zero-order chi connectivity index (χ0) is 30.2. The number of rotatable bonds is 3. The molecule has 0 spiro atoms. The van der Waals surface area contributed by atoms with Gasteiger partial charge in [0.25, 0.3) is 0 Å². The van der Waals surface area contributed by atoms with Crippen LogP contribution in [0.2, 0.25) is 0 Å². The molecule has 0 N–H and O–H groups in total. The topological polar surface area (TPSA) is 4.93 Å². The van der Waals surface area contributed by atoms with Crippen LogP contribution in [0.15, 0.2) is 174 Å². The fraction of sp³-hybridized carbons (Fsp3) is 0. The molecule has 0 aliphatic carbocycles. The van der Waals surface area contributed by atoms with E-state index < -0.39 is 0 Å². The Morgan fingerprint density at radius 3 is 2.02 bits per heavy atom. The van der Waals surface area contributed by atoms with Crippen molar-refractivity contribution in [2.75, 3.05) is 0 Å². The molecule has 1 aromatic heterocycles. The zero-order valence-corrected chi connectivity index (χ0v) is 25.8. The molecule has 0 amide bonds. The molecular formula is C44H27NS. The number of hydrogen-bond acceptors (Lipinski definition) is 1. The minimum Gasteiger partial charge on any atom is -0.309 e. The lowest BCUT2D eigenvalue weighted by Gasteiger charge is -2.21. The second kappa shape index (κ2) is 9.97. The van der Waals surface area contributed by atoms with Crippen LogP contribution in [0.5, 0.6) is 0 Å². The van der Waals surface area contributed by atoms with Gasteiger partial charge in [0.05, 0.1) is 11.0 Å². The summed E-state index contributed by atoms with van der Waals surface area (Å²) in [6, 6.07) is 60.2. The van der Waals surface area contributed by atoms with Crippen LogP contribution in [-0.4, -0.2) is 4.57 Å². The van der Waals surface area contributed by atoms with E-state index in [9.17, 15) is 0 Å². The van der Waals surface area contributed by atoms with Crippen molar-refractivity contribution in [1.82, 2.24) is 4.57 Å². The molecule has 46 heavy (non-hydrogen) atoms. The van der Waals surface area contributed by atoms with Gasteiger partial charge in [-0.25, -0.2) is 0 Å². The molecule has 1 aliphatic rings. The summed E-state index contributed by atoms with van der Waals surface area (Å²) in [7, 11) is 0. The highest BCUT2D eigenvalue weighted by Gasteiger charge is 2.20. The van der Waals surface area contributed by atoms with E-state index in [1.54, 1.807) is 0 Å². The van der Waals surface area contributed by atoms with E-state index in [0.717, 1.165) is 0 Å². The summed E-state index contributed by atoms with van der Waals surface area (Å²) in [6.07, 6.45) is 0. The summed E-state index contributed by atoms with van der Waals surface area (Å²) in [5, 5.41) is 7.74. The largest absolute Gasteiger partial charge is 0.309 e. The summed E-state index contributed by atoms with van der Waals surface area (Å²) in [5.74, 6) is 0. The molecule has 214 valence electrons. The van der Waals surface area contributed by atoms with Gasteiger partial charge >= 0.3 is 0 Å². The Bertz CT molecular complexity index is 2650. The van der Waals surface area contributed by atoms with E-state index in [1.165, 1.54) is 92.2 Å². The van der Waals surface area contributed by atoms with Crippen LogP contribution in [0.25, 0.3) is 82.4 Å². The molecule has 0 radical (unpaired) electrons. The maximum absolute atomic E-state index is 2.43. The molecule has 0 saturated carbocycles. The van der Waals surface area contributed by atoms with Gasteiger partial charge < -0.3 is 4.57 Å². The highest BCUT2D eigenvalue weighted by molar-refractivity contribution is 7.99. The third-order valence-electron chi connectivity index (χ3n) is 9.60. The molecule has 8 aromatic carbocycles. The predicted molar refractivity (Wildman–Crippen MR) is 196 cm³/mol. The second-order valence-corrected chi connectivity index (χ2v) is 13.2. The van der Waals surface area contributed by atoms with Crippen LogP contribution in [0.4, 0.5) is 0 Å². The van der Waals surface area contributed by atoms with Crippen molar-refractivity contribution in [3.63, 3.8) is 0 Å². The van der Waals surface area contributed by atoms with E-state index in [1.807, 2.05) is 11.8 Å². The van der Waals surface area contributed by atoms with Gasteiger partial charge in [0.1, 0.15) is 0 Å². The second-order valence-electron chi connectivity index (χ2n) is 12.1. The number of nitrogens with zero attached hydrogens (tertiary/aromatic N) is 1. The smallest absolute Gasteiger partial charge is 0.0619 e. The molecule has 9 aromatic rings. The van der Waals surface area contributed by atoms with Gasteiger partial charge in [0, 0.05) is 37.0 Å². The highest BCUT2D eigenvalue weighted by Crippen LogP contribution is 2.49. The summed E-state index contributed by atoms with van der Waals surface area (Å²) >= 11 is 1.88. The molecule has 0 bridgehead atoms. The Labute approximate surface area is 271 Å².